The molecular formula is C42H56O7. The number of aromatic hydroxyl groups is 2. The summed E-state index contributed by atoms with van der Waals surface area (Å²) in [5.41, 5.74) is 3.49. The van der Waals surface area contributed by atoms with E-state index in [9.17, 15) is 20.1 Å². The maximum Gasteiger partial charge on any atom is 0.171 e. The molecule has 6 aliphatic rings. The van der Waals surface area contributed by atoms with Crippen molar-refractivity contribution < 1.29 is 34.3 Å². The summed E-state index contributed by atoms with van der Waals surface area (Å²) in [4.78, 5) is 12.0. The molecule has 2 heterocycles. The van der Waals surface area contributed by atoms with Gasteiger partial charge in [-0.25, -0.2) is 0 Å². The molecule has 3 N–H and O–H groups in total. The van der Waals surface area contributed by atoms with E-state index in [1.54, 1.807) is 36.9 Å². The second-order valence-electron chi connectivity index (χ2n) is 16.8. The minimum atomic E-state index is -0.303. The summed E-state index contributed by atoms with van der Waals surface area (Å²) >= 11 is 0. The minimum absolute atomic E-state index is 0.0661. The molecule has 11 atom stereocenters. The van der Waals surface area contributed by atoms with E-state index in [0.717, 1.165) is 55.1 Å². The topological polar surface area (TPSA) is 105 Å². The van der Waals surface area contributed by atoms with E-state index in [1.807, 2.05) is 0 Å². The Hall–Kier alpha value is -2.87. The van der Waals surface area contributed by atoms with E-state index in [4.69, 9.17) is 14.2 Å². The van der Waals surface area contributed by atoms with Crippen LogP contribution in [0.2, 0.25) is 0 Å². The molecule has 49 heavy (non-hydrogen) atoms. The summed E-state index contributed by atoms with van der Waals surface area (Å²) < 4.78 is 18.4. The summed E-state index contributed by atoms with van der Waals surface area (Å²) in [5.74, 6) is 3.92. The number of aliphatic hydroxyl groups excluding tert-OH is 1. The van der Waals surface area contributed by atoms with Crippen LogP contribution in [0.4, 0.5) is 0 Å². The zero-order valence-corrected chi connectivity index (χ0v) is 30.0. The van der Waals surface area contributed by atoms with Crippen LogP contribution in [-0.4, -0.2) is 52.8 Å². The minimum Gasteiger partial charge on any atom is -0.508 e. The number of ketones is 1. The number of phenols is 2. The van der Waals surface area contributed by atoms with E-state index >= 15 is 0 Å². The van der Waals surface area contributed by atoms with Crippen molar-refractivity contribution in [3.05, 3.63) is 65.2 Å². The summed E-state index contributed by atoms with van der Waals surface area (Å²) in [5, 5.41) is 29.1. The average Bonchev–Trinajstić information content (AvgIpc) is 3.52. The van der Waals surface area contributed by atoms with Gasteiger partial charge in [0.05, 0.1) is 31.5 Å². The molecule has 0 amide bonds. The van der Waals surface area contributed by atoms with Crippen LogP contribution in [-0.2, 0) is 15.9 Å². The van der Waals surface area contributed by atoms with Crippen LogP contribution in [0.1, 0.15) is 101 Å². The lowest BCUT2D eigenvalue weighted by molar-refractivity contribution is -0.272. The van der Waals surface area contributed by atoms with Gasteiger partial charge in [-0.2, -0.15) is 0 Å². The number of methoxy groups -OCH3 is 1. The number of ether oxygens (including phenoxy) is 3. The highest BCUT2D eigenvalue weighted by Gasteiger charge is 2.67. The summed E-state index contributed by atoms with van der Waals surface area (Å²) in [6.45, 7) is 10.7. The van der Waals surface area contributed by atoms with Crippen molar-refractivity contribution in [2.45, 2.75) is 110 Å². The molecule has 3 saturated carbocycles. The summed E-state index contributed by atoms with van der Waals surface area (Å²) in [7, 11) is 1.58. The van der Waals surface area contributed by atoms with Crippen molar-refractivity contribution >= 4 is 5.78 Å². The summed E-state index contributed by atoms with van der Waals surface area (Å²) in [6.07, 6.45) is 13.8. The zero-order chi connectivity index (χ0) is 34.7. The number of fused-ring (bicyclic) bond motifs is 7. The van der Waals surface area contributed by atoms with Gasteiger partial charge in [-0.15, -0.1) is 0 Å². The Morgan fingerprint density at radius 1 is 0.980 bits per heavy atom. The van der Waals surface area contributed by atoms with Gasteiger partial charge in [0.25, 0.3) is 0 Å². The highest BCUT2D eigenvalue weighted by atomic mass is 16.7. The number of allylic oxidation sites excluding steroid dienone is 2. The molecule has 5 fully saturated rings. The Balaban J connectivity index is 0.000000172. The van der Waals surface area contributed by atoms with Crippen LogP contribution in [0.15, 0.2) is 54.1 Å². The highest BCUT2D eigenvalue weighted by Crippen LogP contribution is 2.69. The number of rotatable bonds is 4. The Morgan fingerprint density at radius 3 is 2.45 bits per heavy atom. The molecule has 4 aliphatic carbocycles. The quantitative estimate of drug-likeness (QED) is 0.222. The molecule has 266 valence electrons. The molecule has 2 aromatic rings. The van der Waals surface area contributed by atoms with Gasteiger partial charge in [-0.1, -0.05) is 51.5 Å². The molecule has 0 radical (unpaired) electrons. The third-order valence-electron chi connectivity index (χ3n) is 14.1. The number of aliphatic hydroxyl groups is 1. The van der Waals surface area contributed by atoms with Crippen LogP contribution in [0, 0.1) is 46.3 Å². The van der Waals surface area contributed by atoms with Crippen LogP contribution in [0.3, 0.4) is 0 Å². The zero-order valence-electron chi connectivity index (χ0n) is 30.0. The lowest BCUT2D eigenvalue weighted by Crippen LogP contribution is -2.50. The lowest BCUT2D eigenvalue weighted by atomic mass is 9.48. The Labute approximate surface area is 292 Å². The number of hydrogen-bond donors (Lipinski definition) is 3. The standard InChI is InChI=1S/C27H42O3.C15H14O4/c1-16-7-12-27(29-15-16)17(2)24-23(30-27)14-22-20-6-5-18-13-19(28)8-10-25(18,3)21(20)9-11-26(22,24)4;1-19-12-5-2-10(3-6-12)8-14(17)13-7-4-11(16)9-15(13)18/h9,16-20,22-24,28H,5-8,10-15H2,1-4H3;2-7,9,16,18H,8H2,1H3. The predicted molar refractivity (Wildman–Crippen MR) is 189 cm³/mol. The first-order valence-electron chi connectivity index (χ1n) is 18.8. The average molecular weight is 673 g/mol. The number of carbonyl (C=O) groups excluding carboxylic acids is 1. The fourth-order valence-corrected chi connectivity index (χ4v) is 11.3. The van der Waals surface area contributed by atoms with Crippen molar-refractivity contribution in [2.75, 3.05) is 13.7 Å². The van der Waals surface area contributed by atoms with Gasteiger partial charge in [0.1, 0.15) is 17.2 Å². The molecule has 8 rings (SSSR count). The molecule has 0 aromatic heterocycles. The van der Waals surface area contributed by atoms with Gasteiger partial charge in [-0.3, -0.25) is 4.79 Å². The molecule has 7 nitrogen and oxygen atoms in total. The second-order valence-corrected chi connectivity index (χ2v) is 16.8. The Bertz CT molecular complexity index is 1560. The van der Waals surface area contributed by atoms with Crippen molar-refractivity contribution in [3.63, 3.8) is 0 Å². The van der Waals surface area contributed by atoms with E-state index in [-0.39, 0.29) is 41.2 Å². The molecule has 2 aliphatic heterocycles. The monoisotopic (exact) mass is 672 g/mol. The fourth-order valence-electron chi connectivity index (χ4n) is 11.3. The number of Topliss-reactive ketones (excluding diaryl/α,β-unsaturated/α-hetero) is 1. The van der Waals surface area contributed by atoms with E-state index in [2.05, 4.69) is 33.8 Å². The molecule has 0 bridgehead atoms. The third-order valence-corrected chi connectivity index (χ3v) is 14.1. The fraction of sp³-hybridized carbons (Fsp3) is 0.643. The van der Waals surface area contributed by atoms with Gasteiger partial charge >= 0.3 is 0 Å². The predicted octanol–water partition coefficient (Wildman–Crippen LogP) is 8.25. The SMILES string of the molecule is CC1CCC2(OC1)OC1CC3C4CCC5CC(O)CCC5(C)C4=CCC3(C)C1C2C.COc1ccc(CC(=O)c2ccc(O)cc2O)cc1. The van der Waals surface area contributed by atoms with Crippen molar-refractivity contribution in [2.24, 2.45) is 46.3 Å². The van der Waals surface area contributed by atoms with E-state index < -0.39 is 0 Å². The van der Waals surface area contributed by atoms with Crippen molar-refractivity contribution in [1.29, 1.82) is 0 Å². The van der Waals surface area contributed by atoms with E-state index in [0.29, 0.717) is 40.6 Å². The molecular weight excluding hydrogens is 616 g/mol. The first-order chi connectivity index (χ1) is 23.4. The maximum atomic E-state index is 12.0. The second kappa shape index (κ2) is 13.0. The molecule has 7 heteroatoms. The first-order valence-corrected chi connectivity index (χ1v) is 18.8. The first kappa shape index (κ1) is 34.6. The van der Waals surface area contributed by atoms with Crippen molar-refractivity contribution in [3.8, 4) is 17.2 Å². The smallest absolute Gasteiger partial charge is 0.171 e. The van der Waals surface area contributed by atoms with Crippen LogP contribution >= 0.6 is 0 Å². The largest absolute Gasteiger partial charge is 0.508 e. The Kier molecular flexibility index (Phi) is 9.19. The van der Waals surface area contributed by atoms with Crippen molar-refractivity contribution in [1.82, 2.24) is 0 Å². The van der Waals surface area contributed by atoms with Gasteiger partial charge in [0, 0.05) is 24.8 Å². The number of hydrogen-bond acceptors (Lipinski definition) is 7. The number of benzene rings is 2. The van der Waals surface area contributed by atoms with Gasteiger partial charge in [-0.05, 0) is 122 Å². The lowest BCUT2D eigenvalue weighted by Gasteiger charge is -2.57. The third kappa shape index (κ3) is 6.02. The van der Waals surface area contributed by atoms with Gasteiger partial charge < -0.3 is 29.5 Å². The van der Waals surface area contributed by atoms with Crippen LogP contribution in [0.5, 0.6) is 17.2 Å². The molecule has 2 saturated heterocycles. The number of carbonyl (C=O) groups is 1. The molecule has 1 spiro atoms. The highest BCUT2D eigenvalue weighted by molar-refractivity contribution is 6.00. The number of phenolic OH excluding ortho intramolecular Hbond substituents is 2. The maximum absolute atomic E-state index is 12.0. The van der Waals surface area contributed by atoms with Crippen LogP contribution < -0.4 is 4.74 Å². The summed E-state index contributed by atoms with van der Waals surface area (Å²) in [6, 6.07) is 11.1. The van der Waals surface area contributed by atoms with Gasteiger partial charge in [0.2, 0.25) is 0 Å². The van der Waals surface area contributed by atoms with Crippen LogP contribution in [0.25, 0.3) is 0 Å². The molecule has 11 unspecified atom stereocenters. The van der Waals surface area contributed by atoms with E-state index in [1.165, 1.54) is 50.7 Å². The van der Waals surface area contributed by atoms with Gasteiger partial charge in [0.15, 0.2) is 11.6 Å². The molecule has 2 aromatic carbocycles. The normalized spacial score (nSPS) is 40.6. The Morgan fingerprint density at radius 2 is 1.76 bits per heavy atom.